The third kappa shape index (κ3) is 6.19. The molecule has 2 aliphatic rings. The van der Waals surface area contributed by atoms with Crippen molar-refractivity contribution in [2.24, 2.45) is 11.8 Å². The fourth-order valence-electron chi connectivity index (χ4n) is 4.74. The lowest BCUT2D eigenvalue weighted by Crippen LogP contribution is -2.37. The Morgan fingerprint density at radius 2 is 2.13 bits per heavy atom. The fraction of sp³-hybridized carbons (Fsp3) is 0.560. The van der Waals surface area contributed by atoms with Gasteiger partial charge >= 0.3 is 5.97 Å². The summed E-state index contributed by atoms with van der Waals surface area (Å²) in [7, 11) is 0. The Labute approximate surface area is 183 Å². The van der Waals surface area contributed by atoms with Gasteiger partial charge in [0.2, 0.25) is 0 Å². The molecule has 0 amide bonds. The van der Waals surface area contributed by atoms with Gasteiger partial charge in [0, 0.05) is 25.2 Å². The monoisotopic (exact) mass is 430 g/mol. The molecule has 0 saturated heterocycles. The molecule has 2 bridgehead atoms. The number of carboxylic acid groups (broad SMARTS) is 1. The predicted molar refractivity (Wildman–Crippen MR) is 118 cm³/mol. The van der Waals surface area contributed by atoms with Crippen molar-refractivity contribution in [3.8, 4) is 5.75 Å². The van der Waals surface area contributed by atoms with Crippen molar-refractivity contribution in [3.05, 3.63) is 53.6 Å². The van der Waals surface area contributed by atoms with Gasteiger partial charge in [0.15, 0.2) is 5.79 Å². The molecule has 0 spiro atoms. The van der Waals surface area contributed by atoms with Crippen LogP contribution in [0.1, 0.15) is 56.6 Å². The van der Waals surface area contributed by atoms with Crippen LogP contribution < -0.4 is 0 Å². The fourth-order valence-corrected chi connectivity index (χ4v) is 4.74. The highest BCUT2D eigenvalue weighted by molar-refractivity contribution is 5.66. The molecular weight excluding hydrogens is 396 g/mol. The molecule has 31 heavy (non-hydrogen) atoms. The number of hydrogen-bond acceptors (Lipinski definition) is 5. The summed E-state index contributed by atoms with van der Waals surface area (Å²) in [5, 5.41) is 40.4. The van der Waals surface area contributed by atoms with Gasteiger partial charge in [0.1, 0.15) is 5.75 Å². The third-order valence-corrected chi connectivity index (χ3v) is 6.28. The van der Waals surface area contributed by atoms with E-state index in [9.17, 15) is 20.1 Å². The van der Waals surface area contributed by atoms with E-state index < -0.39 is 17.9 Å². The van der Waals surface area contributed by atoms with Crippen LogP contribution in [-0.4, -0.2) is 44.4 Å². The number of phenols is 1. The average Bonchev–Trinajstić information content (AvgIpc) is 2.90. The number of benzene rings is 1. The van der Waals surface area contributed by atoms with E-state index in [0.29, 0.717) is 25.7 Å². The number of carboxylic acids is 1. The largest absolute Gasteiger partial charge is 0.508 e. The minimum atomic E-state index is -1.45. The number of hydrogen-bond donors (Lipinski definition) is 4. The number of phenolic OH excluding ortho intramolecular Hbond substituents is 1. The van der Waals surface area contributed by atoms with E-state index in [1.165, 1.54) is 0 Å². The van der Waals surface area contributed by atoms with Gasteiger partial charge in [-0.05, 0) is 54.9 Å². The van der Waals surface area contributed by atoms with Crippen molar-refractivity contribution >= 4 is 5.97 Å². The van der Waals surface area contributed by atoms with E-state index in [1.807, 2.05) is 24.3 Å². The van der Waals surface area contributed by atoms with Gasteiger partial charge < -0.3 is 25.2 Å². The molecule has 170 valence electrons. The lowest BCUT2D eigenvalue weighted by molar-refractivity contribution is -0.202. The lowest BCUT2D eigenvalue weighted by atomic mass is 9.90. The Morgan fingerprint density at radius 1 is 1.32 bits per heavy atom. The zero-order valence-corrected chi connectivity index (χ0v) is 18.1. The summed E-state index contributed by atoms with van der Waals surface area (Å²) in [6, 6.07) is 5.39. The lowest BCUT2D eigenvalue weighted by Gasteiger charge is -2.30. The summed E-state index contributed by atoms with van der Waals surface area (Å²) in [6.07, 6.45) is 11.4. The first-order valence-electron chi connectivity index (χ1n) is 11.3. The van der Waals surface area contributed by atoms with Crippen molar-refractivity contribution in [2.75, 3.05) is 0 Å². The van der Waals surface area contributed by atoms with Gasteiger partial charge in [-0.1, -0.05) is 43.7 Å². The number of aromatic hydroxyl groups is 1. The number of aliphatic carboxylic acids is 1. The van der Waals surface area contributed by atoms with Crippen LogP contribution in [0.2, 0.25) is 0 Å². The van der Waals surface area contributed by atoms with Crippen LogP contribution in [0.25, 0.3) is 0 Å². The number of aryl methyl sites for hydroxylation is 1. The molecule has 1 aromatic carbocycles. The number of unbranched alkanes of at least 4 members (excludes halogenated alkanes) is 1. The first-order valence-corrected chi connectivity index (χ1v) is 11.3. The van der Waals surface area contributed by atoms with Crippen LogP contribution in [0.15, 0.2) is 42.5 Å². The van der Waals surface area contributed by atoms with E-state index in [1.54, 1.807) is 18.2 Å². The van der Waals surface area contributed by atoms with E-state index in [0.717, 1.165) is 24.0 Å². The van der Waals surface area contributed by atoms with Gasteiger partial charge in [-0.25, -0.2) is 0 Å². The Balaban J connectivity index is 1.65. The van der Waals surface area contributed by atoms with Gasteiger partial charge in [0.05, 0.1) is 12.2 Å². The Kier molecular flexibility index (Phi) is 7.92. The Bertz CT molecular complexity index is 816. The van der Waals surface area contributed by atoms with Crippen LogP contribution >= 0.6 is 0 Å². The molecule has 1 saturated carbocycles. The SMILES string of the molecule is CCCc1cc(CC2(O)C=C[C@H]3[C@@H](O)CC(O2)[C@@H]3CC=CCCCC(=O)O)ccc1O. The maximum absolute atomic E-state index is 11.2. The number of ether oxygens (including phenoxy) is 1. The molecule has 5 atom stereocenters. The summed E-state index contributed by atoms with van der Waals surface area (Å²) in [5.41, 5.74) is 1.76. The first kappa shape index (κ1) is 23.5. The predicted octanol–water partition coefficient (Wildman–Crippen LogP) is 3.73. The molecule has 3 rings (SSSR count). The summed E-state index contributed by atoms with van der Waals surface area (Å²) in [6.45, 7) is 2.06. The number of allylic oxidation sites excluding steroid dienone is 2. The summed E-state index contributed by atoms with van der Waals surface area (Å²) in [5.74, 6) is -1.99. The molecule has 1 aromatic rings. The Morgan fingerprint density at radius 3 is 2.87 bits per heavy atom. The molecule has 4 N–H and O–H groups in total. The third-order valence-electron chi connectivity index (χ3n) is 6.28. The van der Waals surface area contributed by atoms with Crippen molar-refractivity contribution in [1.82, 2.24) is 0 Å². The van der Waals surface area contributed by atoms with Gasteiger partial charge in [-0.15, -0.1) is 0 Å². The smallest absolute Gasteiger partial charge is 0.303 e. The standard InChI is InChI=1S/C25H34O6/c1-2-7-18-14-17(10-11-21(18)26)16-25(30)13-12-19-20(23(31-25)15-22(19)27)8-5-3-4-6-9-24(28)29/h3,5,10-14,19-20,22-23,26-27,30H,2,4,6-9,15-16H2,1H3,(H,28,29)/t19-,20-,22+,23?,25?/m1/s1. The van der Waals surface area contributed by atoms with Crippen molar-refractivity contribution < 1.29 is 30.0 Å². The van der Waals surface area contributed by atoms with Crippen LogP contribution in [0.5, 0.6) is 5.75 Å². The van der Waals surface area contributed by atoms with E-state index in [2.05, 4.69) is 6.92 Å². The van der Waals surface area contributed by atoms with Crippen molar-refractivity contribution in [3.63, 3.8) is 0 Å². The molecule has 2 unspecified atom stereocenters. The van der Waals surface area contributed by atoms with Crippen molar-refractivity contribution in [2.45, 2.75) is 76.3 Å². The van der Waals surface area contributed by atoms with Gasteiger partial charge in [-0.3, -0.25) is 4.79 Å². The number of aliphatic hydroxyl groups excluding tert-OH is 1. The second kappa shape index (κ2) is 10.4. The maximum Gasteiger partial charge on any atom is 0.303 e. The summed E-state index contributed by atoms with van der Waals surface area (Å²) < 4.78 is 6.15. The van der Waals surface area contributed by atoms with Gasteiger partial charge in [-0.2, -0.15) is 0 Å². The normalized spacial score (nSPS) is 30.0. The molecule has 1 aliphatic heterocycles. The zero-order valence-electron chi connectivity index (χ0n) is 18.1. The highest BCUT2D eigenvalue weighted by Gasteiger charge is 2.47. The molecule has 0 aromatic heterocycles. The zero-order chi connectivity index (χ0) is 22.4. The summed E-state index contributed by atoms with van der Waals surface area (Å²) >= 11 is 0. The Hall–Kier alpha value is -2.15. The van der Waals surface area contributed by atoms with Crippen molar-refractivity contribution in [1.29, 1.82) is 0 Å². The molecule has 1 aliphatic carbocycles. The van der Waals surface area contributed by atoms with Crippen LogP contribution in [0, 0.1) is 11.8 Å². The molecule has 1 fully saturated rings. The van der Waals surface area contributed by atoms with Crippen LogP contribution in [0.4, 0.5) is 0 Å². The number of fused-ring (bicyclic) bond motifs is 2. The molecule has 6 nitrogen and oxygen atoms in total. The molecule has 6 heteroatoms. The second-order valence-electron chi connectivity index (χ2n) is 8.79. The maximum atomic E-state index is 11.2. The molecule has 0 radical (unpaired) electrons. The first-order chi connectivity index (χ1) is 14.8. The minimum Gasteiger partial charge on any atom is -0.508 e. The number of rotatable bonds is 10. The van der Waals surface area contributed by atoms with E-state index in [-0.39, 0.29) is 36.5 Å². The van der Waals surface area contributed by atoms with E-state index >= 15 is 0 Å². The van der Waals surface area contributed by atoms with Gasteiger partial charge in [0.25, 0.3) is 0 Å². The van der Waals surface area contributed by atoms with E-state index in [4.69, 9.17) is 9.84 Å². The quantitative estimate of drug-likeness (QED) is 0.333. The molecular formula is C25H34O6. The number of carbonyl (C=O) groups is 1. The topological polar surface area (TPSA) is 107 Å². The average molecular weight is 431 g/mol. The summed E-state index contributed by atoms with van der Waals surface area (Å²) in [4.78, 5) is 10.6. The van der Waals surface area contributed by atoms with Crippen LogP contribution in [0.3, 0.4) is 0 Å². The second-order valence-corrected chi connectivity index (χ2v) is 8.79. The molecule has 1 heterocycles. The number of aliphatic hydroxyl groups is 2. The minimum absolute atomic E-state index is 0.0615. The van der Waals surface area contributed by atoms with Crippen LogP contribution in [-0.2, 0) is 22.4 Å². The highest BCUT2D eigenvalue weighted by Crippen LogP contribution is 2.43. The highest BCUT2D eigenvalue weighted by atomic mass is 16.6.